The van der Waals surface area contributed by atoms with Gasteiger partial charge in [-0.1, -0.05) is 0 Å². The van der Waals surface area contributed by atoms with Crippen LogP contribution in [0.1, 0.15) is 0 Å². The minimum atomic E-state index is -1.31. The second-order valence-electron chi connectivity index (χ2n) is 2.37. The molecule has 0 amide bonds. The molecule has 10 heavy (non-hydrogen) atoms. The van der Waals surface area contributed by atoms with E-state index in [1.807, 2.05) is 0 Å². The molecule has 1 rings (SSSR count). The highest BCUT2D eigenvalue weighted by molar-refractivity contribution is 4.84. The Hall–Kier alpha value is -0.200. The Bertz CT molecular complexity index is 106. The molecule has 5 heteroatoms. The zero-order valence-corrected chi connectivity index (χ0v) is 5.34. The van der Waals surface area contributed by atoms with Crippen molar-refractivity contribution in [3.63, 3.8) is 0 Å². The van der Waals surface area contributed by atoms with Crippen molar-refractivity contribution in [1.29, 1.82) is 0 Å². The Labute approximate surface area is 58.0 Å². The van der Waals surface area contributed by atoms with Gasteiger partial charge in [0.1, 0.15) is 12.2 Å². The van der Waals surface area contributed by atoms with Gasteiger partial charge in [-0.15, -0.1) is 0 Å². The molecule has 1 fully saturated rings. The molecule has 5 N–H and O–H groups in total. The van der Waals surface area contributed by atoms with Crippen molar-refractivity contribution in [2.45, 2.75) is 24.5 Å². The van der Waals surface area contributed by atoms with Crippen molar-refractivity contribution >= 4 is 0 Å². The van der Waals surface area contributed by atoms with Crippen LogP contribution in [0.25, 0.3) is 0 Å². The van der Waals surface area contributed by atoms with E-state index in [1.54, 1.807) is 0 Å². The first-order valence-corrected chi connectivity index (χ1v) is 3.04. The lowest BCUT2D eigenvalue weighted by Gasteiger charge is -2.32. The molecule has 0 aromatic rings. The van der Waals surface area contributed by atoms with E-state index in [0.29, 0.717) is 0 Å². The first kappa shape index (κ1) is 7.90. The van der Waals surface area contributed by atoms with Crippen molar-refractivity contribution < 1.29 is 20.1 Å². The lowest BCUT2D eigenvalue weighted by Crippen LogP contribution is -2.56. The van der Waals surface area contributed by atoms with Gasteiger partial charge in [0.05, 0.1) is 12.6 Å². The van der Waals surface area contributed by atoms with Gasteiger partial charge in [0.15, 0.2) is 6.29 Å². The summed E-state index contributed by atoms with van der Waals surface area (Å²) in [5.41, 5.74) is 5.28. The minimum Gasteiger partial charge on any atom is -0.388 e. The van der Waals surface area contributed by atoms with Gasteiger partial charge in [-0.3, -0.25) is 0 Å². The van der Waals surface area contributed by atoms with Gasteiger partial charge in [-0.2, -0.15) is 0 Å². The summed E-state index contributed by atoms with van der Waals surface area (Å²) >= 11 is 0. The molecular weight excluding hydrogens is 138 g/mol. The Balaban J connectivity index is 2.52. The molecule has 4 atom stereocenters. The molecule has 0 spiro atoms. The lowest BCUT2D eigenvalue weighted by molar-refractivity contribution is -0.225. The summed E-state index contributed by atoms with van der Waals surface area (Å²) in [5.74, 6) is 0. The molecule has 1 unspecified atom stereocenters. The SMILES string of the molecule is N[C@H]1COC(O)[C@H](O)[C@H]1O. The van der Waals surface area contributed by atoms with Crippen LogP contribution in [0.2, 0.25) is 0 Å². The third kappa shape index (κ3) is 1.28. The number of hydrogen-bond acceptors (Lipinski definition) is 5. The zero-order chi connectivity index (χ0) is 7.72. The van der Waals surface area contributed by atoms with Crippen molar-refractivity contribution in [3.05, 3.63) is 0 Å². The molecule has 0 radical (unpaired) electrons. The summed E-state index contributed by atoms with van der Waals surface area (Å²) in [7, 11) is 0. The maximum absolute atomic E-state index is 9.00. The van der Waals surface area contributed by atoms with Crippen LogP contribution >= 0.6 is 0 Å². The highest BCUT2D eigenvalue weighted by atomic mass is 16.6. The smallest absolute Gasteiger partial charge is 0.183 e. The number of aliphatic hydroxyl groups is 3. The topological polar surface area (TPSA) is 95.9 Å². The van der Waals surface area contributed by atoms with Gasteiger partial charge in [-0.05, 0) is 0 Å². The average Bonchev–Trinajstić information content (AvgIpc) is 1.93. The molecule has 5 nitrogen and oxygen atoms in total. The molecule has 0 aromatic carbocycles. The predicted octanol–water partition coefficient (Wildman–Crippen LogP) is -2.62. The van der Waals surface area contributed by atoms with E-state index in [0.717, 1.165) is 0 Å². The maximum Gasteiger partial charge on any atom is 0.183 e. The van der Waals surface area contributed by atoms with Crippen LogP contribution < -0.4 is 5.73 Å². The van der Waals surface area contributed by atoms with Crippen molar-refractivity contribution in [3.8, 4) is 0 Å². The Kier molecular flexibility index (Phi) is 2.22. The molecule has 1 aliphatic heterocycles. The maximum atomic E-state index is 9.00. The predicted molar refractivity (Wildman–Crippen MR) is 31.9 cm³/mol. The highest BCUT2D eigenvalue weighted by Gasteiger charge is 2.35. The summed E-state index contributed by atoms with van der Waals surface area (Å²) in [6.45, 7) is 0.0688. The molecule has 1 heterocycles. The fourth-order valence-corrected chi connectivity index (χ4v) is 0.829. The third-order valence-corrected chi connectivity index (χ3v) is 1.54. The van der Waals surface area contributed by atoms with Gasteiger partial charge in [0.25, 0.3) is 0 Å². The van der Waals surface area contributed by atoms with Gasteiger partial charge < -0.3 is 25.8 Å². The van der Waals surface area contributed by atoms with Gasteiger partial charge in [-0.25, -0.2) is 0 Å². The van der Waals surface area contributed by atoms with Gasteiger partial charge in [0.2, 0.25) is 0 Å². The highest BCUT2D eigenvalue weighted by Crippen LogP contribution is 2.11. The largest absolute Gasteiger partial charge is 0.388 e. The van der Waals surface area contributed by atoms with Gasteiger partial charge in [0, 0.05) is 0 Å². The molecule has 0 aliphatic carbocycles. The van der Waals surface area contributed by atoms with Crippen molar-refractivity contribution in [1.82, 2.24) is 0 Å². The van der Waals surface area contributed by atoms with Crippen LogP contribution in [0.4, 0.5) is 0 Å². The Morgan fingerprint density at radius 1 is 1.20 bits per heavy atom. The zero-order valence-electron chi connectivity index (χ0n) is 5.34. The van der Waals surface area contributed by atoms with E-state index in [2.05, 4.69) is 4.74 Å². The number of nitrogens with two attached hydrogens (primary N) is 1. The first-order valence-electron chi connectivity index (χ1n) is 3.04. The molecular formula is C5H11NO4. The molecule has 0 saturated carbocycles. The monoisotopic (exact) mass is 149 g/mol. The normalized spacial score (nSPS) is 49.2. The van der Waals surface area contributed by atoms with Crippen LogP contribution in [0.15, 0.2) is 0 Å². The molecule has 60 valence electrons. The summed E-state index contributed by atoms with van der Waals surface area (Å²) in [5, 5.41) is 26.7. The summed E-state index contributed by atoms with van der Waals surface area (Å²) in [4.78, 5) is 0. The summed E-state index contributed by atoms with van der Waals surface area (Å²) < 4.78 is 4.59. The molecule has 0 aromatic heterocycles. The van der Waals surface area contributed by atoms with E-state index in [4.69, 9.17) is 21.1 Å². The van der Waals surface area contributed by atoms with Crippen molar-refractivity contribution in [2.75, 3.05) is 6.61 Å². The fraction of sp³-hybridized carbons (Fsp3) is 1.00. The summed E-state index contributed by atoms with van der Waals surface area (Å²) in [6, 6.07) is -0.613. The second kappa shape index (κ2) is 2.81. The minimum absolute atomic E-state index is 0.0688. The lowest BCUT2D eigenvalue weighted by atomic mass is 10.0. The van der Waals surface area contributed by atoms with E-state index >= 15 is 0 Å². The Morgan fingerprint density at radius 3 is 2.30 bits per heavy atom. The van der Waals surface area contributed by atoms with E-state index < -0.39 is 24.5 Å². The van der Waals surface area contributed by atoms with Crippen LogP contribution in [0.5, 0.6) is 0 Å². The van der Waals surface area contributed by atoms with Gasteiger partial charge >= 0.3 is 0 Å². The number of rotatable bonds is 0. The van der Waals surface area contributed by atoms with E-state index in [1.165, 1.54) is 0 Å². The molecule has 0 bridgehead atoms. The number of aliphatic hydroxyl groups excluding tert-OH is 3. The van der Waals surface area contributed by atoms with Crippen LogP contribution in [0.3, 0.4) is 0 Å². The van der Waals surface area contributed by atoms with Crippen LogP contribution in [-0.2, 0) is 4.74 Å². The fourth-order valence-electron chi connectivity index (χ4n) is 0.829. The number of hydrogen-bond donors (Lipinski definition) is 4. The standard InChI is InChI=1S/C5H11NO4/c6-2-1-10-5(9)4(8)3(2)7/h2-5,7-9H,1,6H2/t2-,3-,4+,5?/m0/s1. The van der Waals surface area contributed by atoms with E-state index in [-0.39, 0.29) is 6.61 Å². The average molecular weight is 149 g/mol. The van der Waals surface area contributed by atoms with Crippen molar-refractivity contribution in [2.24, 2.45) is 5.73 Å². The molecule has 1 aliphatic rings. The Morgan fingerprint density at radius 2 is 1.80 bits per heavy atom. The number of ether oxygens (including phenoxy) is 1. The first-order chi connectivity index (χ1) is 4.63. The van der Waals surface area contributed by atoms with E-state index in [9.17, 15) is 0 Å². The van der Waals surface area contributed by atoms with Crippen LogP contribution in [-0.4, -0.2) is 46.5 Å². The van der Waals surface area contributed by atoms with Crippen LogP contribution in [0, 0.1) is 0 Å². The quantitative estimate of drug-likeness (QED) is 0.302. The third-order valence-electron chi connectivity index (χ3n) is 1.54. The molecule has 1 saturated heterocycles. The summed E-state index contributed by atoms with van der Waals surface area (Å²) in [6.07, 6.45) is -3.69. The second-order valence-corrected chi connectivity index (χ2v) is 2.37.